The van der Waals surface area contributed by atoms with Gasteiger partial charge < -0.3 is 14.8 Å². The van der Waals surface area contributed by atoms with Gasteiger partial charge in [0, 0.05) is 12.1 Å². The van der Waals surface area contributed by atoms with Crippen molar-refractivity contribution in [3.05, 3.63) is 59.2 Å². The number of nitrogens with zero attached hydrogens (tertiary/aromatic N) is 1. The molecule has 4 rings (SSSR count). The summed E-state index contributed by atoms with van der Waals surface area (Å²) in [6, 6.07) is 14.6. The van der Waals surface area contributed by atoms with Crippen molar-refractivity contribution in [3.8, 4) is 11.5 Å². The van der Waals surface area contributed by atoms with Gasteiger partial charge in [-0.25, -0.2) is 0 Å². The molecule has 0 amide bonds. The summed E-state index contributed by atoms with van der Waals surface area (Å²) in [7, 11) is 0. The van der Waals surface area contributed by atoms with Crippen molar-refractivity contribution in [2.45, 2.75) is 19.4 Å². The molecule has 0 bridgehead atoms. The minimum absolute atomic E-state index is 0.636. The van der Waals surface area contributed by atoms with Crippen LogP contribution in [0.4, 0.5) is 0 Å². The van der Waals surface area contributed by atoms with E-state index in [2.05, 4.69) is 46.7 Å². The third-order valence-electron chi connectivity index (χ3n) is 4.22. The van der Waals surface area contributed by atoms with Crippen LogP contribution in [0.2, 0.25) is 0 Å². The van der Waals surface area contributed by atoms with Gasteiger partial charge in [-0.3, -0.25) is 4.99 Å². The summed E-state index contributed by atoms with van der Waals surface area (Å²) in [5, 5.41) is 3.46. The Balaban J connectivity index is 1.30. The molecule has 0 radical (unpaired) electrons. The molecule has 118 valence electrons. The Bertz CT molecular complexity index is 740. The first-order valence-corrected chi connectivity index (χ1v) is 8.15. The van der Waals surface area contributed by atoms with E-state index in [0.717, 1.165) is 43.3 Å². The van der Waals surface area contributed by atoms with Crippen molar-refractivity contribution in [2.24, 2.45) is 4.99 Å². The topological polar surface area (TPSA) is 42.9 Å². The number of hydrogen-bond acceptors (Lipinski definition) is 4. The Hall–Kier alpha value is -2.49. The Morgan fingerprint density at radius 3 is 2.83 bits per heavy atom. The SMILES string of the molecule is c1ccc2c(c1)CN=C2NCCCc1ccc2c(c1)OCCO2. The number of aliphatic imine (C=N–C) groups is 1. The summed E-state index contributed by atoms with van der Waals surface area (Å²) < 4.78 is 11.2. The zero-order chi connectivity index (χ0) is 15.5. The molecule has 0 unspecified atom stereocenters. The van der Waals surface area contributed by atoms with Gasteiger partial charge in [0.1, 0.15) is 19.0 Å². The Labute approximate surface area is 136 Å². The standard InChI is InChI=1S/C19H20N2O2/c1-2-6-16-15(5-1)13-21-19(16)20-9-3-4-14-7-8-17-18(12-14)23-11-10-22-17/h1-2,5-8,12H,3-4,9-11,13H2,(H,20,21). The summed E-state index contributed by atoms with van der Waals surface area (Å²) in [5.74, 6) is 2.76. The number of amidine groups is 1. The normalized spacial score (nSPS) is 15.0. The monoisotopic (exact) mass is 308 g/mol. The second-order valence-electron chi connectivity index (χ2n) is 5.83. The average Bonchev–Trinajstić information content (AvgIpc) is 3.02. The number of hydrogen-bond donors (Lipinski definition) is 1. The van der Waals surface area contributed by atoms with E-state index >= 15 is 0 Å². The quantitative estimate of drug-likeness (QED) is 0.883. The maximum Gasteiger partial charge on any atom is 0.161 e. The van der Waals surface area contributed by atoms with Crippen LogP contribution in [0.3, 0.4) is 0 Å². The Morgan fingerprint density at radius 2 is 1.87 bits per heavy atom. The average molecular weight is 308 g/mol. The first-order chi connectivity index (χ1) is 11.4. The molecule has 1 N–H and O–H groups in total. The van der Waals surface area contributed by atoms with Gasteiger partial charge >= 0.3 is 0 Å². The van der Waals surface area contributed by atoms with Crippen molar-refractivity contribution in [3.63, 3.8) is 0 Å². The molecule has 0 fully saturated rings. The van der Waals surface area contributed by atoms with Gasteiger partial charge in [-0.2, -0.15) is 0 Å². The molecular formula is C19H20N2O2. The van der Waals surface area contributed by atoms with E-state index < -0.39 is 0 Å². The summed E-state index contributed by atoms with van der Waals surface area (Å²) in [5.41, 5.74) is 3.83. The minimum atomic E-state index is 0.636. The molecule has 0 saturated carbocycles. The highest BCUT2D eigenvalue weighted by atomic mass is 16.6. The van der Waals surface area contributed by atoms with Crippen molar-refractivity contribution in [1.29, 1.82) is 0 Å². The fourth-order valence-corrected chi connectivity index (χ4v) is 3.03. The second kappa shape index (κ2) is 6.32. The lowest BCUT2D eigenvalue weighted by atomic mass is 10.1. The highest BCUT2D eigenvalue weighted by Gasteiger charge is 2.14. The molecule has 2 aliphatic rings. The molecule has 0 aromatic heterocycles. The summed E-state index contributed by atoms with van der Waals surface area (Å²) >= 11 is 0. The first-order valence-electron chi connectivity index (χ1n) is 8.15. The summed E-state index contributed by atoms with van der Waals surface area (Å²) in [6.45, 7) is 2.99. The molecule has 2 heterocycles. The molecule has 2 aromatic carbocycles. The highest BCUT2D eigenvalue weighted by Crippen LogP contribution is 2.31. The largest absolute Gasteiger partial charge is 0.486 e. The molecule has 4 nitrogen and oxygen atoms in total. The van der Waals surface area contributed by atoms with Crippen molar-refractivity contribution < 1.29 is 9.47 Å². The van der Waals surface area contributed by atoms with Crippen LogP contribution in [0.5, 0.6) is 11.5 Å². The third kappa shape index (κ3) is 3.02. The van der Waals surface area contributed by atoms with E-state index in [0.29, 0.717) is 13.2 Å². The van der Waals surface area contributed by atoms with E-state index in [1.54, 1.807) is 0 Å². The Kier molecular flexibility index (Phi) is 3.88. The van der Waals surface area contributed by atoms with E-state index in [-0.39, 0.29) is 0 Å². The number of nitrogens with one attached hydrogen (secondary N) is 1. The molecule has 0 aliphatic carbocycles. The van der Waals surface area contributed by atoms with Crippen LogP contribution in [0.1, 0.15) is 23.1 Å². The van der Waals surface area contributed by atoms with Crippen molar-refractivity contribution in [1.82, 2.24) is 5.32 Å². The minimum Gasteiger partial charge on any atom is -0.486 e. The predicted octanol–water partition coefficient (Wildman–Crippen LogP) is 2.94. The van der Waals surface area contributed by atoms with Gasteiger partial charge in [-0.1, -0.05) is 30.3 Å². The number of rotatable bonds is 4. The van der Waals surface area contributed by atoms with Gasteiger partial charge in [0.05, 0.1) is 6.54 Å². The van der Waals surface area contributed by atoms with Gasteiger partial charge in [0.15, 0.2) is 11.5 Å². The predicted molar refractivity (Wildman–Crippen MR) is 90.4 cm³/mol. The van der Waals surface area contributed by atoms with Crippen LogP contribution in [0.25, 0.3) is 0 Å². The molecule has 0 atom stereocenters. The van der Waals surface area contributed by atoms with Crippen molar-refractivity contribution in [2.75, 3.05) is 19.8 Å². The van der Waals surface area contributed by atoms with Crippen LogP contribution in [0, 0.1) is 0 Å². The number of ether oxygens (including phenoxy) is 2. The smallest absolute Gasteiger partial charge is 0.161 e. The molecule has 0 saturated heterocycles. The van der Waals surface area contributed by atoms with Crippen molar-refractivity contribution >= 4 is 5.84 Å². The summed E-state index contributed by atoms with van der Waals surface area (Å²) in [4.78, 5) is 4.57. The second-order valence-corrected chi connectivity index (χ2v) is 5.83. The summed E-state index contributed by atoms with van der Waals surface area (Å²) in [6.07, 6.45) is 2.07. The lowest BCUT2D eigenvalue weighted by Gasteiger charge is -2.18. The van der Waals surface area contributed by atoms with Gasteiger partial charge in [0.25, 0.3) is 0 Å². The highest BCUT2D eigenvalue weighted by molar-refractivity contribution is 6.01. The zero-order valence-electron chi connectivity index (χ0n) is 13.0. The van der Waals surface area contributed by atoms with E-state index in [1.807, 2.05) is 6.07 Å². The number of benzene rings is 2. The number of fused-ring (bicyclic) bond motifs is 2. The molecule has 0 spiro atoms. The molecular weight excluding hydrogens is 288 g/mol. The fourth-order valence-electron chi connectivity index (χ4n) is 3.03. The maximum atomic E-state index is 5.63. The lowest BCUT2D eigenvalue weighted by molar-refractivity contribution is 0.171. The van der Waals surface area contributed by atoms with Crippen LogP contribution < -0.4 is 14.8 Å². The van der Waals surface area contributed by atoms with Crippen LogP contribution in [-0.2, 0) is 13.0 Å². The lowest BCUT2D eigenvalue weighted by Crippen LogP contribution is -2.24. The van der Waals surface area contributed by atoms with E-state index in [1.165, 1.54) is 16.7 Å². The molecule has 23 heavy (non-hydrogen) atoms. The van der Waals surface area contributed by atoms with Crippen LogP contribution >= 0.6 is 0 Å². The van der Waals surface area contributed by atoms with Crippen LogP contribution in [-0.4, -0.2) is 25.6 Å². The maximum absolute atomic E-state index is 5.63. The zero-order valence-corrected chi connectivity index (χ0v) is 13.0. The van der Waals surface area contributed by atoms with Gasteiger partial charge in [-0.05, 0) is 36.1 Å². The fraction of sp³-hybridized carbons (Fsp3) is 0.316. The van der Waals surface area contributed by atoms with E-state index in [4.69, 9.17) is 9.47 Å². The van der Waals surface area contributed by atoms with Gasteiger partial charge in [0.2, 0.25) is 0 Å². The Morgan fingerprint density at radius 1 is 1.00 bits per heavy atom. The molecule has 4 heteroatoms. The molecule has 2 aromatic rings. The third-order valence-corrected chi connectivity index (χ3v) is 4.22. The van der Waals surface area contributed by atoms with Crippen LogP contribution in [0.15, 0.2) is 47.5 Å². The first kappa shape index (κ1) is 14.1. The van der Waals surface area contributed by atoms with Gasteiger partial charge in [-0.15, -0.1) is 0 Å². The van der Waals surface area contributed by atoms with E-state index in [9.17, 15) is 0 Å². The molecule has 2 aliphatic heterocycles. The number of aryl methyl sites for hydroxylation is 1.